The Morgan fingerprint density at radius 1 is 1.08 bits per heavy atom. The van der Waals surface area contributed by atoms with E-state index >= 15 is 0 Å². The number of nitrogens with zero attached hydrogens (tertiary/aromatic N) is 2. The molecule has 4 rings (SSSR count). The zero-order valence-electron chi connectivity index (χ0n) is 13.3. The fourth-order valence-corrected chi connectivity index (χ4v) is 3.07. The van der Waals surface area contributed by atoms with Crippen LogP contribution in [-0.2, 0) is 0 Å². The van der Waals surface area contributed by atoms with Crippen LogP contribution in [0.5, 0.6) is 0 Å². The first-order valence-corrected chi connectivity index (χ1v) is 8.18. The Balaban J connectivity index is 1.80. The number of pyridine rings is 1. The minimum Gasteiger partial charge on any atom is -0.359 e. The lowest BCUT2D eigenvalue weighted by molar-refractivity contribution is 0.0992. The van der Waals surface area contributed by atoms with Crippen LogP contribution in [0.15, 0.2) is 60.8 Å². The second-order valence-corrected chi connectivity index (χ2v) is 6.20. The number of nitrogens with one attached hydrogen (secondary N) is 1. The Morgan fingerprint density at radius 3 is 2.65 bits per heavy atom. The molecule has 0 spiro atoms. The van der Waals surface area contributed by atoms with Gasteiger partial charge in [-0.3, -0.25) is 9.69 Å². The average Bonchev–Trinajstić information content (AvgIpc) is 2.92. The molecule has 0 saturated heterocycles. The third-order valence-electron chi connectivity index (χ3n) is 4.14. The van der Waals surface area contributed by atoms with Gasteiger partial charge >= 0.3 is 0 Å². The van der Waals surface area contributed by atoms with Crippen molar-refractivity contribution in [2.75, 3.05) is 10.2 Å². The molecule has 1 aliphatic rings. The molecule has 0 saturated carbocycles. The van der Waals surface area contributed by atoms with Gasteiger partial charge in [0, 0.05) is 23.4 Å². The molecule has 1 aliphatic heterocycles. The summed E-state index contributed by atoms with van der Waals surface area (Å²) in [5.74, 6) is -1.13. The van der Waals surface area contributed by atoms with Gasteiger partial charge in [-0.1, -0.05) is 29.8 Å². The number of carbonyl (C=O) groups excluding carboxylic acids is 1. The van der Waals surface area contributed by atoms with Crippen molar-refractivity contribution < 1.29 is 13.6 Å². The standard InChI is InChI=1S/C19H12ClF2N3O/c20-11-5-8-17(23-10-11)25-18(13-3-1-2-4-14(13)19(25)26)24-16-9-12(21)6-7-15(16)22/h1-10,18,24H/t18-/m0/s1. The number of carbonyl (C=O) groups is 1. The van der Waals surface area contributed by atoms with Gasteiger partial charge in [0.15, 0.2) is 0 Å². The molecule has 0 fully saturated rings. The van der Waals surface area contributed by atoms with Crippen molar-refractivity contribution in [2.45, 2.75) is 6.17 Å². The summed E-state index contributed by atoms with van der Waals surface area (Å²) < 4.78 is 27.7. The predicted molar refractivity (Wildman–Crippen MR) is 95.2 cm³/mol. The highest BCUT2D eigenvalue weighted by Crippen LogP contribution is 2.37. The summed E-state index contributed by atoms with van der Waals surface area (Å²) in [6.45, 7) is 0. The van der Waals surface area contributed by atoms with Crippen LogP contribution in [0.4, 0.5) is 20.3 Å². The molecule has 2 aromatic carbocycles. The molecule has 4 nitrogen and oxygen atoms in total. The van der Waals surface area contributed by atoms with E-state index in [4.69, 9.17) is 11.6 Å². The second kappa shape index (κ2) is 6.38. The van der Waals surface area contributed by atoms with Crippen LogP contribution < -0.4 is 10.2 Å². The van der Waals surface area contributed by atoms with Crippen molar-refractivity contribution in [3.8, 4) is 0 Å². The topological polar surface area (TPSA) is 45.2 Å². The van der Waals surface area contributed by atoms with Gasteiger partial charge in [0.1, 0.15) is 23.6 Å². The van der Waals surface area contributed by atoms with Crippen LogP contribution in [0.2, 0.25) is 5.02 Å². The zero-order valence-corrected chi connectivity index (χ0v) is 14.0. The van der Waals surface area contributed by atoms with E-state index < -0.39 is 17.8 Å². The second-order valence-electron chi connectivity index (χ2n) is 5.77. The third kappa shape index (κ3) is 2.78. The number of halogens is 3. The molecule has 0 unspecified atom stereocenters. The Bertz CT molecular complexity index is 994. The quantitative estimate of drug-likeness (QED) is 0.720. The lowest BCUT2D eigenvalue weighted by Gasteiger charge is -2.26. The molecule has 26 heavy (non-hydrogen) atoms. The first-order valence-electron chi connectivity index (χ1n) is 7.80. The summed E-state index contributed by atoms with van der Waals surface area (Å²) in [5, 5.41) is 3.35. The van der Waals surface area contributed by atoms with Crippen molar-refractivity contribution in [1.82, 2.24) is 4.98 Å². The highest BCUT2D eigenvalue weighted by atomic mass is 35.5. The van der Waals surface area contributed by atoms with Gasteiger partial charge in [-0.25, -0.2) is 13.8 Å². The third-order valence-corrected chi connectivity index (χ3v) is 4.37. The average molecular weight is 372 g/mol. The van der Waals surface area contributed by atoms with E-state index in [2.05, 4.69) is 10.3 Å². The van der Waals surface area contributed by atoms with Crippen LogP contribution in [0.25, 0.3) is 0 Å². The molecular weight excluding hydrogens is 360 g/mol. The molecule has 1 amide bonds. The maximum Gasteiger partial charge on any atom is 0.261 e. The molecule has 0 bridgehead atoms. The number of fused-ring (bicyclic) bond motifs is 1. The van der Waals surface area contributed by atoms with Gasteiger partial charge in [0.05, 0.1) is 10.7 Å². The molecule has 2 heterocycles. The molecule has 0 aliphatic carbocycles. The van der Waals surface area contributed by atoms with E-state index in [9.17, 15) is 13.6 Å². The normalized spacial score (nSPS) is 15.9. The van der Waals surface area contributed by atoms with E-state index in [-0.39, 0.29) is 11.6 Å². The maximum atomic E-state index is 14.1. The smallest absolute Gasteiger partial charge is 0.261 e. The number of hydrogen-bond acceptors (Lipinski definition) is 3. The number of hydrogen-bond donors (Lipinski definition) is 1. The molecule has 0 radical (unpaired) electrons. The molecule has 1 atom stereocenters. The predicted octanol–water partition coefficient (Wildman–Crippen LogP) is 4.78. The van der Waals surface area contributed by atoms with E-state index in [0.717, 1.165) is 18.2 Å². The largest absolute Gasteiger partial charge is 0.359 e. The van der Waals surface area contributed by atoms with Gasteiger partial charge in [-0.2, -0.15) is 0 Å². The lowest BCUT2D eigenvalue weighted by atomic mass is 10.1. The molecule has 1 aromatic heterocycles. The maximum absolute atomic E-state index is 14.1. The van der Waals surface area contributed by atoms with E-state index in [0.29, 0.717) is 22.0 Å². The summed E-state index contributed by atoms with van der Waals surface area (Å²) in [7, 11) is 0. The van der Waals surface area contributed by atoms with Crippen molar-refractivity contribution in [2.24, 2.45) is 0 Å². The van der Waals surface area contributed by atoms with E-state index in [1.165, 1.54) is 11.1 Å². The molecule has 7 heteroatoms. The zero-order chi connectivity index (χ0) is 18.3. The van der Waals surface area contributed by atoms with E-state index in [1.807, 2.05) is 0 Å². The Labute approximate surface area is 153 Å². The Morgan fingerprint density at radius 2 is 1.88 bits per heavy atom. The van der Waals surface area contributed by atoms with Crippen LogP contribution in [0, 0.1) is 11.6 Å². The van der Waals surface area contributed by atoms with Crippen molar-refractivity contribution >= 4 is 29.0 Å². The number of rotatable bonds is 3. The van der Waals surface area contributed by atoms with E-state index in [1.54, 1.807) is 36.4 Å². The summed E-state index contributed by atoms with van der Waals surface area (Å²) >= 11 is 5.88. The first-order chi connectivity index (χ1) is 12.5. The van der Waals surface area contributed by atoms with Crippen LogP contribution in [0.3, 0.4) is 0 Å². The van der Waals surface area contributed by atoms with Gasteiger partial charge in [0.2, 0.25) is 0 Å². The summed E-state index contributed by atoms with van der Waals surface area (Å²) in [5.41, 5.74) is 1.08. The first kappa shape index (κ1) is 16.5. The monoisotopic (exact) mass is 371 g/mol. The number of aromatic nitrogens is 1. The van der Waals surface area contributed by atoms with Gasteiger partial charge in [-0.05, 0) is 30.3 Å². The van der Waals surface area contributed by atoms with Crippen molar-refractivity contribution in [3.05, 3.63) is 88.6 Å². The van der Waals surface area contributed by atoms with Crippen molar-refractivity contribution in [3.63, 3.8) is 0 Å². The van der Waals surface area contributed by atoms with Gasteiger partial charge < -0.3 is 5.32 Å². The highest BCUT2D eigenvalue weighted by molar-refractivity contribution is 6.30. The summed E-state index contributed by atoms with van der Waals surface area (Å²) in [6.07, 6.45) is 0.691. The summed E-state index contributed by atoms with van der Waals surface area (Å²) in [4.78, 5) is 18.5. The fourth-order valence-electron chi connectivity index (χ4n) is 2.96. The molecule has 3 aromatic rings. The van der Waals surface area contributed by atoms with Crippen LogP contribution >= 0.6 is 11.6 Å². The number of amides is 1. The minimum absolute atomic E-state index is 0.0431. The molecular formula is C19H12ClF2N3O. The highest BCUT2D eigenvalue weighted by Gasteiger charge is 2.38. The Hall–Kier alpha value is -2.99. The molecule has 130 valence electrons. The number of benzene rings is 2. The Kier molecular flexibility index (Phi) is 4.05. The van der Waals surface area contributed by atoms with Crippen molar-refractivity contribution in [1.29, 1.82) is 0 Å². The van der Waals surface area contributed by atoms with Crippen LogP contribution in [0.1, 0.15) is 22.1 Å². The minimum atomic E-state index is -0.733. The summed E-state index contributed by atoms with van der Waals surface area (Å²) in [6, 6.07) is 13.3. The lowest BCUT2D eigenvalue weighted by Crippen LogP contribution is -2.33. The fraction of sp³-hybridized carbons (Fsp3) is 0.0526. The van der Waals surface area contributed by atoms with Gasteiger partial charge in [-0.15, -0.1) is 0 Å². The number of anilines is 2. The van der Waals surface area contributed by atoms with Gasteiger partial charge in [0.25, 0.3) is 5.91 Å². The SMILES string of the molecule is O=C1c2ccccc2[C@@H](Nc2cc(F)ccc2F)N1c1ccc(Cl)cn1. The van der Waals surface area contributed by atoms with Crippen LogP contribution in [-0.4, -0.2) is 10.9 Å². The molecule has 1 N–H and O–H groups in total.